The smallest absolute Gasteiger partial charge is 0.0714 e. The first-order chi connectivity index (χ1) is 8.15. The van der Waals surface area contributed by atoms with Crippen molar-refractivity contribution >= 4 is 0 Å². The van der Waals surface area contributed by atoms with Gasteiger partial charge in [0.15, 0.2) is 0 Å². The molecule has 4 unspecified atom stereocenters. The Bertz CT molecular complexity index is 256. The molecule has 0 amide bonds. The first kappa shape index (κ1) is 14.5. The lowest BCUT2D eigenvalue weighted by atomic mass is 9.85. The predicted molar refractivity (Wildman–Crippen MR) is 74.9 cm³/mol. The zero-order valence-corrected chi connectivity index (χ0v) is 11.9. The molecule has 1 N–H and O–H groups in total. The van der Waals surface area contributed by atoms with Gasteiger partial charge in [-0.3, -0.25) is 4.90 Å². The molecule has 4 atom stereocenters. The monoisotopic (exact) mass is 236 g/mol. The van der Waals surface area contributed by atoms with Crippen molar-refractivity contribution in [1.82, 2.24) is 10.2 Å². The van der Waals surface area contributed by atoms with E-state index in [1.807, 2.05) is 0 Å². The molecule has 1 aliphatic rings. The van der Waals surface area contributed by atoms with Gasteiger partial charge in [0.2, 0.25) is 0 Å². The minimum atomic E-state index is 0.333. The number of hydrogen-bond acceptors (Lipinski definition) is 2. The Balaban J connectivity index is 2.64. The fourth-order valence-electron chi connectivity index (χ4n) is 3.00. The lowest BCUT2D eigenvalue weighted by Gasteiger charge is -2.45. The summed E-state index contributed by atoms with van der Waals surface area (Å²) >= 11 is 0. The molecule has 0 aromatic heterocycles. The van der Waals surface area contributed by atoms with Crippen LogP contribution in [0.1, 0.15) is 47.0 Å². The SMILES string of the molecule is C#CC(CCC)N1CCC(NCC)C(C)C1C. The average molecular weight is 236 g/mol. The second-order valence-corrected chi connectivity index (χ2v) is 5.26. The van der Waals surface area contributed by atoms with Crippen LogP contribution in [-0.4, -0.2) is 36.1 Å². The van der Waals surface area contributed by atoms with Crippen LogP contribution in [0, 0.1) is 18.3 Å². The van der Waals surface area contributed by atoms with Gasteiger partial charge in [-0.05, 0) is 32.2 Å². The van der Waals surface area contributed by atoms with E-state index in [1.54, 1.807) is 0 Å². The van der Waals surface area contributed by atoms with Gasteiger partial charge in [-0.15, -0.1) is 6.42 Å². The summed E-state index contributed by atoms with van der Waals surface area (Å²) in [6.07, 6.45) is 9.20. The zero-order valence-electron chi connectivity index (χ0n) is 11.9. The fraction of sp³-hybridized carbons (Fsp3) is 0.867. The molecule has 98 valence electrons. The molecule has 0 aliphatic carbocycles. The Morgan fingerprint density at radius 3 is 2.65 bits per heavy atom. The van der Waals surface area contributed by atoms with Crippen LogP contribution in [-0.2, 0) is 0 Å². The lowest BCUT2D eigenvalue weighted by molar-refractivity contribution is 0.0630. The summed E-state index contributed by atoms with van der Waals surface area (Å²) in [5.41, 5.74) is 0. The van der Waals surface area contributed by atoms with Gasteiger partial charge in [0.1, 0.15) is 0 Å². The number of nitrogens with one attached hydrogen (secondary N) is 1. The number of piperidine rings is 1. The summed E-state index contributed by atoms with van der Waals surface area (Å²) in [4.78, 5) is 2.53. The number of likely N-dealkylation sites (tertiary alicyclic amines) is 1. The van der Waals surface area contributed by atoms with Crippen molar-refractivity contribution in [1.29, 1.82) is 0 Å². The summed E-state index contributed by atoms with van der Waals surface area (Å²) < 4.78 is 0. The molecular formula is C15H28N2. The van der Waals surface area contributed by atoms with Crippen molar-refractivity contribution in [2.45, 2.75) is 65.1 Å². The van der Waals surface area contributed by atoms with Crippen LogP contribution in [0.2, 0.25) is 0 Å². The lowest BCUT2D eigenvalue weighted by Crippen LogP contribution is -2.56. The highest BCUT2D eigenvalue weighted by Gasteiger charge is 2.34. The molecule has 1 saturated heterocycles. The van der Waals surface area contributed by atoms with Crippen molar-refractivity contribution in [2.75, 3.05) is 13.1 Å². The Morgan fingerprint density at radius 1 is 1.41 bits per heavy atom. The molecule has 0 aromatic carbocycles. The molecule has 1 rings (SSSR count). The quantitative estimate of drug-likeness (QED) is 0.738. The Labute approximate surface area is 107 Å². The third-order valence-electron chi connectivity index (χ3n) is 4.24. The summed E-state index contributed by atoms with van der Waals surface area (Å²) in [5.74, 6) is 3.65. The van der Waals surface area contributed by atoms with E-state index in [0.29, 0.717) is 24.0 Å². The minimum absolute atomic E-state index is 0.333. The Kier molecular flexibility index (Phi) is 6.02. The molecular weight excluding hydrogens is 208 g/mol. The zero-order chi connectivity index (χ0) is 12.8. The molecule has 0 saturated carbocycles. The molecule has 0 bridgehead atoms. The molecule has 1 fully saturated rings. The highest BCUT2D eigenvalue weighted by Crippen LogP contribution is 2.26. The number of nitrogens with zero attached hydrogens (tertiary/aromatic N) is 1. The van der Waals surface area contributed by atoms with Gasteiger partial charge in [0, 0.05) is 18.6 Å². The third-order valence-corrected chi connectivity index (χ3v) is 4.24. The molecule has 0 aromatic rings. The highest BCUT2D eigenvalue weighted by atomic mass is 15.2. The highest BCUT2D eigenvalue weighted by molar-refractivity contribution is 5.03. The Hall–Kier alpha value is -0.520. The maximum atomic E-state index is 5.68. The van der Waals surface area contributed by atoms with Crippen molar-refractivity contribution < 1.29 is 0 Å². The minimum Gasteiger partial charge on any atom is -0.314 e. The maximum absolute atomic E-state index is 5.68. The summed E-state index contributed by atoms with van der Waals surface area (Å²) in [6, 6.07) is 1.58. The van der Waals surface area contributed by atoms with Crippen LogP contribution in [0.25, 0.3) is 0 Å². The van der Waals surface area contributed by atoms with E-state index in [0.717, 1.165) is 19.5 Å². The second-order valence-electron chi connectivity index (χ2n) is 5.26. The van der Waals surface area contributed by atoms with E-state index < -0.39 is 0 Å². The summed E-state index contributed by atoms with van der Waals surface area (Å²) in [6.45, 7) is 11.3. The first-order valence-electron chi connectivity index (χ1n) is 7.10. The van der Waals surface area contributed by atoms with Crippen LogP contribution in [0.3, 0.4) is 0 Å². The van der Waals surface area contributed by atoms with E-state index >= 15 is 0 Å². The first-order valence-corrected chi connectivity index (χ1v) is 7.10. The Morgan fingerprint density at radius 2 is 2.12 bits per heavy atom. The molecule has 2 heteroatoms. The van der Waals surface area contributed by atoms with Crippen LogP contribution >= 0.6 is 0 Å². The second kappa shape index (κ2) is 7.03. The number of terminal acetylenes is 1. The standard InChI is InChI=1S/C15H28N2/c1-6-9-14(7-2)17-11-10-15(16-8-3)12(4)13(17)5/h2,12-16H,6,8-11H2,1,3-5H3. The third kappa shape index (κ3) is 3.47. The predicted octanol–water partition coefficient (Wildman–Crippen LogP) is 2.50. The molecule has 17 heavy (non-hydrogen) atoms. The van der Waals surface area contributed by atoms with E-state index in [2.05, 4.69) is 43.8 Å². The van der Waals surface area contributed by atoms with Crippen molar-refractivity contribution in [3.63, 3.8) is 0 Å². The molecule has 0 spiro atoms. The largest absolute Gasteiger partial charge is 0.314 e. The van der Waals surface area contributed by atoms with Crippen molar-refractivity contribution in [3.05, 3.63) is 0 Å². The molecule has 2 nitrogen and oxygen atoms in total. The normalized spacial score (nSPS) is 32.1. The van der Waals surface area contributed by atoms with Crippen molar-refractivity contribution in [3.8, 4) is 12.3 Å². The van der Waals surface area contributed by atoms with Gasteiger partial charge < -0.3 is 5.32 Å². The van der Waals surface area contributed by atoms with Gasteiger partial charge in [-0.2, -0.15) is 0 Å². The topological polar surface area (TPSA) is 15.3 Å². The average Bonchev–Trinajstić information content (AvgIpc) is 2.33. The maximum Gasteiger partial charge on any atom is 0.0714 e. The van der Waals surface area contributed by atoms with E-state index in [-0.39, 0.29) is 0 Å². The fourth-order valence-corrected chi connectivity index (χ4v) is 3.00. The van der Waals surface area contributed by atoms with E-state index in [1.165, 1.54) is 12.8 Å². The van der Waals surface area contributed by atoms with Crippen LogP contribution < -0.4 is 5.32 Å². The molecule has 1 aliphatic heterocycles. The molecule has 1 heterocycles. The number of rotatable bonds is 5. The van der Waals surface area contributed by atoms with Crippen LogP contribution in [0.15, 0.2) is 0 Å². The van der Waals surface area contributed by atoms with Gasteiger partial charge in [0.25, 0.3) is 0 Å². The van der Waals surface area contributed by atoms with Crippen molar-refractivity contribution in [2.24, 2.45) is 5.92 Å². The van der Waals surface area contributed by atoms with Gasteiger partial charge in [-0.1, -0.05) is 33.1 Å². The summed E-state index contributed by atoms with van der Waals surface area (Å²) in [5, 5.41) is 3.60. The van der Waals surface area contributed by atoms with E-state index in [9.17, 15) is 0 Å². The number of hydrogen-bond donors (Lipinski definition) is 1. The summed E-state index contributed by atoms with van der Waals surface area (Å²) in [7, 11) is 0. The van der Waals surface area contributed by atoms with Gasteiger partial charge >= 0.3 is 0 Å². The van der Waals surface area contributed by atoms with Crippen LogP contribution in [0.5, 0.6) is 0 Å². The van der Waals surface area contributed by atoms with Gasteiger partial charge in [-0.25, -0.2) is 0 Å². The van der Waals surface area contributed by atoms with Crippen LogP contribution in [0.4, 0.5) is 0 Å². The van der Waals surface area contributed by atoms with Gasteiger partial charge in [0.05, 0.1) is 6.04 Å². The van der Waals surface area contributed by atoms with E-state index in [4.69, 9.17) is 6.42 Å². The molecule has 0 radical (unpaired) electrons.